The molecule has 2 aromatic heterocycles. The molecule has 0 bridgehead atoms. The third-order valence-corrected chi connectivity index (χ3v) is 3.87. The van der Waals surface area contributed by atoms with E-state index in [2.05, 4.69) is 10.3 Å². The van der Waals surface area contributed by atoms with E-state index in [1.165, 1.54) is 18.3 Å². The highest BCUT2D eigenvalue weighted by atomic mass is 19.1. The molecule has 3 aromatic rings. The van der Waals surface area contributed by atoms with Crippen LogP contribution in [0.4, 0.5) is 4.39 Å². The first-order valence-electron chi connectivity index (χ1n) is 7.26. The minimum atomic E-state index is -0.562. The van der Waals surface area contributed by atoms with Crippen molar-refractivity contribution in [2.24, 2.45) is 5.16 Å². The lowest BCUT2D eigenvalue weighted by molar-refractivity contribution is 0.321. The second kappa shape index (κ2) is 5.84. The lowest BCUT2D eigenvalue weighted by atomic mass is 10.1. The van der Waals surface area contributed by atoms with Gasteiger partial charge in [0.1, 0.15) is 22.9 Å². The molecule has 0 fully saturated rings. The fraction of sp³-hybridized carbons (Fsp3) is 0.176. The normalized spacial score (nSPS) is 11.5. The van der Waals surface area contributed by atoms with Crippen molar-refractivity contribution in [3.05, 3.63) is 52.8 Å². The summed E-state index contributed by atoms with van der Waals surface area (Å²) in [7, 11) is 0. The number of aromatic nitrogens is 2. The van der Waals surface area contributed by atoms with E-state index >= 15 is 0 Å². The predicted octanol–water partition coefficient (Wildman–Crippen LogP) is 3.71. The van der Waals surface area contributed by atoms with Crippen LogP contribution in [-0.2, 0) is 0 Å². The molecular weight excluding hydrogens is 313 g/mol. The molecule has 6 nitrogen and oxygen atoms in total. The first kappa shape index (κ1) is 15.8. The molecule has 7 heteroatoms. The summed E-state index contributed by atoms with van der Waals surface area (Å²) < 4.78 is 21.3. The molecule has 124 valence electrons. The van der Waals surface area contributed by atoms with Crippen LogP contribution in [-0.4, -0.2) is 26.3 Å². The molecule has 24 heavy (non-hydrogen) atoms. The first-order chi connectivity index (χ1) is 11.4. The Morgan fingerprint density at radius 1 is 1.25 bits per heavy atom. The number of aromatic hydroxyl groups is 1. The fourth-order valence-electron chi connectivity index (χ4n) is 2.81. The van der Waals surface area contributed by atoms with Gasteiger partial charge in [-0.3, -0.25) is 0 Å². The number of benzene rings is 1. The van der Waals surface area contributed by atoms with E-state index in [1.54, 1.807) is 24.5 Å². The number of hydrogen-bond donors (Lipinski definition) is 2. The second-order valence-electron chi connectivity index (χ2n) is 5.51. The lowest BCUT2D eigenvalue weighted by Gasteiger charge is -2.12. The van der Waals surface area contributed by atoms with Gasteiger partial charge in [-0.1, -0.05) is 10.3 Å². The van der Waals surface area contributed by atoms with Crippen LogP contribution in [0.25, 0.3) is 16.9 Å². The van der Waals surface area contributed by atoms with Crippen LogP contribution in [0, 0.1) is 26.6 Å². The third-order valence-electron chi connectivity index (χ3n) is 3.87. The summed E-state index contributed by atoms with van der Waals surface area (Å²) in [6.07, 6.45) is 1.28. The van der Waals surface area contributed by atoms with Crippen molar-refractivity contribution >= 4 is 6.21 Å². The van der Waals surface area contributed by atoms with Crippen LogP contribution in [0.15, 0.2) is 33.9 Å². The molecule has 2 heterocycles. The van der Waals surface area contributed by atoms with Gasteiger partial charge in [-0.25, -0.2) is 4.39 Å². The van der Waals surface area contributed by atoms with E-state index in [1.807, 2.05) is 6.92 Å². The minimum absolute atomic E-state index is 0.152. The molecule has 0 radical (unpaired) electrons. The molecule has 0 aliphatic rings. The molecule has 0 amide bonds. The standard InChI is InChI=1S/C17H16FN3O3/c1-9-6-15(13-5-4-12(22)7-14(13)18)21(16(9)8-19-23)17-10(2)20-24-11(17)3/h4-8,22-23H,1-3H3/b19-8+. The maximum atomic E-state index is 14.4. The molecular formula is C17H16FN3O3. The van der Waals surface area contributed by atoms with Crippen molar-refractivity contribution < 1.29 is 19.2 Å². The Labute approximate surface area is 137 Å². The number of hydrogen-bond acceptors (Lipinski definition) is 5. The van der Waals surface area contributed by atoms with Gasteiger partial charge in [-0.15, -0.1) is 0 Å². The summed E-state index contributed by atoms with van der Waals surface area (Å²) in [4.78, 5) is 0. The molecule has 0 saturated heterocycles. The van der Waals surface area contributed by atoms with Crippen molar-refractivity contribution in [3.63, 3.8) is 0 Å². The Balaban J connectivity index is 2.37. The van der Waals surface area contributed by atoms with Crippen LogP contribution >= 0.6 is 0 Å². The van der Waals surface area contributed by atoms with Gasteiger partial charge in [-0.2, -0.15) is 0 Å². The fourth-order valence-corrected chi connectivity index (χ4v) is 2.81. The number of aryl methyl sites for hydroxylation is 3. The van der Waals surface area contributed by atoms with Crippen LogP contribution in [0.5, 0.6) is 5.75 Å². The number of oxime groups is 1. The summed E-state index contributed by atoms with van der Waals surface area (Å²) in [5.74, 6) is -0.162. The number of halogens is 1. The van der Waals surface area contributed by atoms with E-state index in [0.717, 1.165) is 11.6 Å². The average Bonchev–Trinajstić information content (AvgIpc) is 3.00. The summed E-state index contributed by atoms with van der Waals surface area (Å²) in [6.45, 7) is 5.35. The minimum Gasteiger partial charge on any atom is -0.508 e. The van der Waals surface area contributed by atoms with Crippen molar-refractivity contribution in [1.82, 2.24) is 9.72 Å². The molecule has 3 rings (SSSR count). The van der Waals surface area contributed by atoms with E-state index in [0.29, 0.717) is 34.1 Å². The molecule has 0 atom stereocenters. The smallest absolute Gasteiger partial charge is 0.157 e. The van der Waals surface area contributed by atoms with Crippen molar-refractivity contribution in [2.75, 3.05) is 0 Å². The Morgan fingerprint density at radius 3 is 2.58 bits per heavy atom. The van der Waals surface area contributed by atoms with E-state index in [4.69, 9.17) is 9.73 Å². The second-order valence-corrected chi connectivity index (χ2v) is 5.51. The van der Waals surface area contributed by atoms with Crippen molar-refractivity contribution in [1.29, 1.82) is 0 Å². The molecule has 0 saturated carbocycles. The highest BCUT2D eigenvalue weighted by Crippen LogP contribution is 2.34. The van der Waals surface area contributed by atoms with E-state index < -0.39 is 5.82 Å². The van der Waals surface area contributed by atoms with Crippen LogP contribution in [0.3, 0.4) is 0 Å². The highest BCUT2D eigenvalue weighted by molar-refractivity contribution is 5.84. The highest BCUT2D eigenvalue weighted by Gasteiger charge is 2.22. The van der Waals surface area contributed by atoms with Gasteiger partial charge in [0.15, 0.2) is 5.76 Å². The monoisotopic (exact) mass is 329 g/mol. The Morgan fingerprint density at radius 2 is 2.00 bits per heavy atom. The largest absolute Gasteiger partial charge is 0.508 e. The maximum Gasteiger partial charge on any atom is 0.157 e. The molecule has 0 spiro atoms. The number of rotatable bonds is 3. The zero-order valence-electron chi connectivity index (χ0n) is 13.4. The number of phenolic OH excluding ortho intramolecular Hbond substituents is 1. The predicted molar refractivity (Wildman–Crippen MR) is 86.5 cm³/mol. The van der Waals surface area contributed by atoms with Gasteiger partial charge in [-0.05, 0) is 44.5 Å². The number of nitrogens with zero attached hydrogens (tertiary/aromatic N) is 3. The topological polar surface area (TPSA) is 83.8 Å². The third kappa shape index (κ3) is 2.44. The molecule has 1 aromatic carbocycles. The molecule has 0 unspecified atom stereocenters. The molecule has 0 aliphatic carbocycles. The summed E-state index contributed by atoms with van der Waals surface area (Å²) in [5.41, 5.74) is 3.48. The number of phenols is 1. The Bertz CT molecular complexity index is 921. The van der Waals surface area contributed by atoms with Gasteiger partial charge in [0.25, 0.3) is 0 Å². The zero-order chi connectivity index (χ0) is 17.4. The summed E-state index contributed by atoms with van der Waals surface area (Å²) in [5, 5.41) is 25.5. The lowest BCUT2D eigenvalue weighted by Crippen LogP contribution is -2.05. The quantitative estimate of drug-likeness (QED) is 0.436. The summed E-state index contributed by atoms with van der Waals surface area (Å²) >= 11 is 0. The van der Waals surface area contributed by atoms with Gasteiger partial charge < -0.3 is 19.4 Å². The van der Waals surface area contributed by atoms with Gasteiger partial charge >= 0.3 is 0 Å². The van der Waals surface area contributed by atoms with Crippen LogP contribution < -0.4 is 0 Å². The van der Waals surface area contributed by atoms with Crippen LogP contribution in [0.2, 0.25) is 0 Å². The zero-order valence-corrected chi connectivity index (χ0v) is 13.4. The van der Waals surface area contributed by atoms with Crippen LogP contribution in [0.1, 0.15) is 22.7 Å². The Hall–Kier alpha value is -3.09. The molecule has 2 N–H and O–H groups in total. The van der Waals surface area contributed by atoms with Crippen molar-refractivity contribution in [3.8, 4) is 22.7 Å². The van der Waals surface area contributed by atoms with E-state index in [9.17, 15) is 9.50 Å². The summed E-state index contributed by atoms with van der Waals surface area (Å²) in [6, 6.07) is 5.74. The average molecular weight is 329 g/mol. The SMILES string of the molecule is Cc1cc(-c2ccc(O)cc2F)n(-c2c(C)noc2C)c1/C=N/O. The van der Waals surface area contributed by atoms with Gasteiger partial charge in [0.05, 0.1) is 17.6 Å². The van der Waals surface area contributed by atoms with E-state index in [-0.39, 0.29) is 5.75 Å². The molecule has 0 aliphatic heterocycles. The Kier molecular flexibility index (Phi) is 3.84. The first-order valence-corrected chi connectivity index (χ1v) is 7.26. The van der Waals surface area contributed by atoms with Crippen molar-refractivity contribution in [2.45, 2.75) is 20.8 Å². The van der Waals surface area contributed by atoms with Gasteiger partial charge in [0.2, 0.25) is 0 Å². The maximum absolute atomic E-state index is 14.4. The van der Waals surface area contributed by atoms with Gasteiger partial charge in [0, 0.05) is 11.6 Å².